The molecule has 0 amide bonds. The molecule has 0 aromatic heterocycles. The molecule has 0 radical (unpaired) electrons. The van der Waals surface area contributed by atoms with Gasteiger partial charge in [-0.2, -0.15) is 5.10 Å². The number of hydrogen-bond acceptors (Lipinski definition) is 3. The van der Waals surface area contributed by atoms with Crippen LogP contribution in [0.1, 0.15) is 61.7 Å². The van der Waals surface area contributed by atoms with Crippen molar-refractivity contribution in [3.63, 3.8) is 0 Å². The lowest BCUT2D eigenvalue weighted by Gasteiger charge is -2.38. The van der Waals surface area contributed by atoms with Gasteiger partial charge in [0.2, 0.25) is 6.23 Å². The van der Waals surface area contributed by atoms with Gasteiger partial charge in [-0.1, -0.05) is 91.3 Å². The molecule has 4 heteroatoms. The Morgan fingerprint density at radius 1 is 0.967 bits per heavy atom. The van der Waals surface area contributed by atoms with Crippen LogP contribution in [0.2, 0.25) is 0 Å². The van der Waals surface area contributed by atoms with Gasteiger partial charge in [-0.05, 0) is 34.7 Å². The zero-order valence-corrected chi connectivity index (χ0v) is 19.1. The zero-order chi connectivity index (χ0) is 20.9. The second kappa shape index (κ2) is 7.28. The number of hydrogen-bond donors (Lipinski definition) is 0. The molecule has 3 aromatic rings. The standard InChI is InChI=1S/C26H25BrN2O/c1-26(2,3)19-11-9-18(10-12-19)25-29-23(21-15-20(27)13-14-24(21)30-25)16-22(28-29)17-7-5-4-6-8-17/h4-15,23,25H,16H2,1-3H3/t23-,25-/m1/s1. The Morgan fingerprint density at radius 2 is 1.70 bits per heavy atom. The fourth-order valence-electron chi connectivity index (χ4n) is 4.23. The van der Waals surface area contributed by atoms with Gasteiger partial charge in [-0.25, -0.2) is 5.01 Å². The lowest BCUT2D eigenvalue weighted by atomic mass is 9.86. The summed E-state index contributed by atoms with van der Waals surface area (Å²) in [6, 6.07) is 25.7. The maximum absolute atomic E-state index is 6.49. The van der Waals surface area contributed by atoms with Gasteiger partial charge < -0.3 is 4.74 Å². The fourth-order valence-corrected chi connectivity index (χ4v) is 4.61. The van der Waals surface area contributed by atoms with Crippen molar-refractivity contribution in [2.75, 3.05) is 0 Å². The molecule has 3 aromatic carbocycles. The fraction of sp³-hybridized carbons (Fsp3) is 0.269. The Kier molecular flexibility index (Phi) is 4.70. The quantitative estimate of drug-likeness (QED) is 0.411. The molecular formula is C26H25BrN2O. The van der Waals surface area contributed by atoms with Gasteiger partial charge in [0.25, 0.3) is 0 Å². The Morgan fingerprint density at radius 3 is 2.40 bits per heavy atom. The van der Waals surface area contributed by atoms with Crippen LogP contribution in [0, 0.1) is 0 Å². The minimum atomic E-state index is -0.237. The normalized spacial score (nSPS) is 20.3. The largest absolute Gasteiger partial charge is 0.464 e. The number of hydrazone groups is 1. The summed E-state index contributed by atoms with van der Waals surface area (Å²) in [5.41, 5.74) is 6.03. The van der Waals surface area contributed by atoms with Crippen molar-refractivity contribution in [3.8, 4) is 5.75 Å². The Hall–Kier alpha value is -2.59. The molecule has 0 fully saturated rings. The first-order chi connectivity index (χ1) is 14.4. The molecule has 30 heavy (non-hydrogen) atoms. The summed E-state index contributed by atoms with van der Waals surface area (Å²) < 4.78 is 7.56. The molecule has 0 aliphatic carbocycles. The maximum Gasteiger partial charge on any atom is 0.213 e. The summed E-state index contributed by atoms with van der Waals surface area (Å²) >= 11 is 3.62. The van der Waals surface area contributed by atoms with Crippen LogP contribution in [0.15, 0.2) is 82.4 Å². The van der Waals surface area contributed by atoms with E-state index in [1.807, 2.05) is 12.1 Å². The average Bonchev–Trinajstić information content (AvgIpc) is 3.19. The van der Waals surface area contributed by atoms with Crippen LogP contribution >= 0.6 is 15.9 Å². The SMILES string of the molecule is CC(C)(C)c1ccc([C@H]2Oc3ccc(Br)cc3[C@H]3CC(c4ccccc4)=NN32)cc1. The van der Waals surface area contributed by atoms with E-state index in [-0.39, 0.29) is 17.7 Å². The van der Waals surface area contributed by atoms with Crippen molar-refractivity contribution in [2.45, 2.75) is 44.9 Å². The topological polar surface area (TPSA) is 24.8 Å². The van der Waals surface area contributed by atoms with Crippen molar-refractivity contribution < 1.29 is 4.74 Å². The summed E-state index contributed by atoms with van der Waals surface area (Å²) in [5, 5.41) is 7.19. The third kappa shape index (κ3) is 3.43. The summed E-state index contributed by atoms with van der Waals surface area (Å²) in [7, 11) is 0. The molecule has 0 bridgehead atoms. The van der Waals surface area contributed by atoms with Gasteiger partial charge in [-0.15, -0.1) is 0 Å². The average molecular weight is 461 g/mol. The smallest absolute Gasteiger partial charge is 0.213 e. The molecule has 0 saturated heterocycles. The second-order valence-electron chi connectivity index (χ2n) is 9.04. The van der Waals surface area contributed by atoms with E-state index in [0.29, 0.717) is 0 Å². The van der Waals surface area contributed by atoms with Crippen molar-refractivity contribution in [2.24, 2.45) is 5.10 Å². The first-order valence-corrected chi connectivity index (χ1v) is 11.2. The zero-order valence-electron chi connectivity index (χ0n) is 17.5. The molecule has 2 aliphatic heterocycles. The van der Waals surface area contributed by atoms with E-state index in [9.17, 15) is 0 Å². The Balaban J connectivity index is 1.57. The third-order valence-electron chi connectivity index (χ3n) is 5.92. The minimum Gasteiger partial charge on any atom is -0.464 e. The van der Waals surface area contributed by atoms with E-state index in [0.717, 1.165) is 27.9 Å². The number of ether oxygens (including phenoxy) is 1. The molecule has 0 saturated carbocycles. The van der Waals surface area contributed by atoms with Crippen molar-refractivity contribution in [1.29, 1.82) is 0 Å². The van der Waals surface area contributed by atoms with Gasteiger partial charge in [0.1, 0.15) is 5.75 Å². The highest BCUT2D eigenvalue weighted by atomic mass is 79.9. The van der Waals surface area contributed by atoms with Gasteiger partial charge >= 0.3 is 0 Å². The van der Waals surface area contributed by atoms with Crippen LogP contribution in [-0.4, -0.2) is 10.7 Å². The minimum absolute atomic E-state index is 0.125. The second-order valence-corrected chi connectivity index (χ2v) is 9.95. The summed E-state index contributed by atoms with van der Waals surface area (Å²) in [6.45, 7) is 6.71. The Bertz CT molecular complexity index is 1100. The number of halogens is 1. The van der Waals surface area contributed by atoms with Crippen LogP contribution < -0.4 is 4.74 Å². The maximum atomic E-state index is 6.49. The monoisotopic (exact) mass is 460 g/mol. The van der Waals surface area contributed by atoms with Crippen LogP contribution in [0.4, 0.5) is 0 Å². The van der Waals surface area contributed by atoms with Crippen LogP contribution in [0.3, 0.4) is 0 Å². The molecule has 0 unspecified atom stereocenters. The van der Waals surface area contributed by atoms with E-state index in [1.54, 1.807) is 0 Å². The molecule has 152 valence electrons. The molecule has 2 aliphatic rings. The van der Waals surface area contributed by atoms with Crippen LogP contribution in [0.25, 0.3) is 0 Å². The lowest BCUT2D eigenvalue weighted by molar-refractivity contribution is -0.0191. The molecular weight excluding hydrogens is 436 g/mol. The Labute approximate surface area is 186 Å². The highest BCUT2D eigenvalue weighted by Crippen LogP contribution is 2.48. The van der Waals surface area contributed by atoms with E-state index in [2.05, 4.69) is 102 Å². The summed E-state index contributed by atoms with van der Waals surface area (Å²) in [5.74, 6) is 0.939. The van der Waals surface area contributed by atoms with E-state index < -0.39 is 0 Å². The molecule has 5 rings (SSSR count). The van der Waals surface area contributed by atoms with E-state index in [1.165, 1.54) is 16.7 Å². The predicted molar refractivity (Wildman–Crippen MR) is 125 cm³/mol. The number of nitrogens with zero attached hydrogens (tertiary/aromatic N) is 2. The summed E-state index contributed by atoms with van der Waals surface area (Å²) in [4.78, 5) is 0. The first kappa shape index (κ1) is 19.4. The van der Waals surface area contributed by atoms with Gasteiger partial charge in [0.15, 0.2) is 0 Å². The van der Waals surface area contributed by atoms with Gasteiger partial charge in [0, 0.05) is 22.0 Å². The first-order valence-electron chi connectivity index (χ1n) is 10.4. The number of rotatable bonds is 2. The van der Waals surface area contributed by atoms with E-state index in [4.69, 9.17) is 9.84 Å². The van der Waals surface area contributed by atoms with E-state index >= 15 is 0 Å². The summed E-state index contributed by atoms with van der Waals surface area (Å²) in [6.07, 6.45) is 0.631. The molecule has 0 N–H and O–H groups in total. The van der Waals surface area contributed by atoms with Crippen molar-refractivity contribution in [1.82, 2.24) is 5.01 Å². The van der Waals surface area contributed by atoms with Crippen molar-refractivity contribution >= 4 is 21.6 Å². The van der Waals surface area contributed by atoms with Crippen LogP contribution in [0.5, 0.6) is 5.75 Å². The molecule has 0 spiro atoms. The molecule has 2 heterocycles. The molecule has 2 atom stereocenters. The highest BCUT2D eigenvalue weighted by molar-refractivity contribution is 9.10. The highest BCUT2D eigenvalue weighted by Gasteiger charge is 2.41. The van der Waals surface area contributed by atoms with Crippen LogP contribution in [-0.2, 0) is 5.41 Å². The van der Waals surface area contributed by atoms with Gasteiger partial charge in [-0.3, -0.25) is 0 Å². The third-order valence-corrected chi connectivity index (χ3v) is 6.41. The predicted octanol–water partition coefficient (Wildman–Crippen LogP) is 6.99. The van der Waals surface area contributed by atoms with Gasteiger partial charge in [0.05, 0.1) is 11.8 Å². The van der Waals surface area contributed by atoms with Crippen molar-refractivity contribution in [3.05, 3.63) is 99.5 Å². The molecule has 3 nitrogen and oxygen atoms in total. The lowest BCUT2D eigenvalue weighted by Crippen LogP contribution is -2.33. The number of benzene rings is 3. The number of fused-ring (bicyclic) bond motifs is 3.